The third-order valence-corrected chi connectivity index (χ3v) is 4.18. The van der Waals surface area contributed by atoms with Gasteiger partial charge in [-0.15, -0.1) is 0 Å². The number of fused-ring (bicyclic) bond motifs is 1. The maximum Gasteiger partial charge on any atom is 0.352 e. The predicted molar refractivity (Wildman–Crippen MR) is 74.7 cm³/mol. The second-order valence-corrected chi connectivity index (χ2v) is 5.50. The van der Waals surface area contributed by atoms with E-state index in [0.29, 0.717) is 5.71 Å². The van der Waals surface area contributed by atoms with Crippen molar-refractivity contribution in [2.45, 2.75) is 37.7 Å². The molecular formula is C15H18N2O3. The van der Waals surface area contributed by atoms with E-state index in [4.69, 9.17) is 10.6 Å². The zero-order valence-corrected chi connectivity index (χ0v) is 11.3. The number of oxime groups is 1. The first-order chi connectivity index (χ1) is 9.64. The number of carbonyl (C=O) groups is 1. The summed E-state index contributed by atoms with van der Waals surface area (Å²) in [7, 11) is 0. The highest BCUT2D eigenvalue weighted by Gasteiger charge is 2.46. The van der Waals surface area contributed by atoms with Crippen LogP contribution in [0.2, 0.25) is 0 Å². The fraction of sp³-hybridized carbons (Fsp3) is 0.467. The number of hydrogen-bond acceptors (Lipinski definition) is 4. The molecule has 0 aromatic heterocycles. The summed E-state index contributed by atoms with van der Waals surface area (Å²) in [5.74, 6) is -1.06. The van der Waals surface area contributed by atoms with Gasteiger partial charge >= 0.3 is 5.97 Å². The molecule has 0 spiro atoms. The molecule has 0 saturated heterocycles. The zero-order valence-electron chi connectivity index (χ0n) is 11.3. The average molecular weight is 274 g/mol. The third kappa shape index (κ3) is 2.08. The van der Waals surface area contributed by atoms with Crippen LogP contribution in [0.15, 0.2) is 23.4 Å². The molecule has 1 heterocycles. The van der Waals surface area contributed by atoms with Crippen LogP contribution in [-0.2, 0) is 22.5 Å². The van der Waals surface area contributed by atoms with Gasteiger partial charge in [0, 0.05) is 13.0 Å². The lowest BCUT2D eigenvalue weighted by molar-refractivity contribution is -0.161. The van der Waals surface area contributed by atoms with Gasteiger partial charge in [-0.3, -0.25) is 0 Å². The number of carboxylic acids is 1. The minimum atomic E-state index is -1.40. The monoisotopic (exact) mass is 274 g/mol. The summed E-state index contributed by atoms with van der Waals surface area (Å²) >= 11 is 0. The van der Waals surface area contributed by atoms with Gasteiger partial charge in [-0.1, -0.05) is 17.3 Å². The Labute approximate surface area is 117 Å². The largest absolute Gasteiger partial charge is 0.478 e. The summed E-state index contributed by atoms with van der Waals surface area (Å²) in [5, 5.41) is 13.2. The lowest BCUT2D eigenvalue weighted by Gasteiger charge is -2.19. The molecule has 5 heteroatoms. The van der Waals surface area contributed by atoms with Crippen LogP contribution in [0.4, 0.5) is 0 Å². The van der Waals surface area contributed by atoms with E-state index in [0.717, 1.165) is 18.4 Å². The number of nitrogens with zero attached hydrogens (tertiary/aromatic N) is 1. The Kier molecular flexibility index (Phi) is 3.22. The second-order valence-electron chi connectivity index (χ2n) is 5.50. The molecule has 1 aliphatic carbocycles. The Hall–Kier alpha value is -1.88. The molecule has 1 unspecified atom stereocenters. The Morgan fingerprint density at radius 3 is 2.75 bits per heavy atom. The van der Waals surface area contributed by atoms with E-state index in [-0.39, 0.29) is 13.0 Å². The molecule has 5 nitrogen and oxygen atoms in total. The zero-order chi connectivity index (χ0) is 14.2. The standard InChI is InChI=1S/C15H18N2O3/c16-9-15(14(18)19)8-13(17-20-15)12-6-5-10-3-1-2-4-11(10)7-12/h5-7H,1-4,8-9,16H2,(H,18,19). The van der Waals surface area contributed by atoms with Gasteiger partial charge in [-0.2, -0.15) is 0 Å². The molecule has 0 fully saturated rings. The highest BCUT2D eigenvalue weighted by molar-refractivity contribution is 6.04. The van der Waals surface area contributed by atoms with Crippen molar-refractivity contribution < 1.29 is 14.7 Å². The van der Waals surface area contributed by atoms with E-state index in [9.17, 15) is 9.90 Å². The van der Waals surface area contributed by atoms with Gasteiger partial charge < -0.3 is 15.7 Å². The fourth-order valence-electron chi connectivity index (χ4n) is 2.86. The van der Waals surface area contributed by atoms with Crippen LogP contribution >= 0.6 is 0 Å². The molecule has 1 atom stereocenters. The lowest BCUT2D eigenvalue weighted by Crippen LogP contribution is -2.45. The van der Waals surface area contributed by atoms with E-state index in [2.05, 4.69) is 17.3 Å². The maximum atomic E-state index is 11.3. The number of nitrogens with two attached hydrogens (primary N) is 1. The normalized spacial score (nSPS) is 24.8. The summed E-state index contributed by atoms with van der Waals surface area (Å²) in [6.45, 7) is -0.0831. The van der Waals surface area contributed by atoms with Gasteiger partial charge in [0.05, 0.1) is 5.71 Å². The first kappa shape index (κ1) is 13.1. The predicted octanol–water partition coefficient (Wildman–Crippen LogP) is 1.47. The van der Waals surface area contributed by atoms with Gasteiger partial charge in [0.2, 0.25) is 0 Å². The quantitative estimate of drug-likeness (QED) is 0.874. The summed E-state index contributed by atoms with van der Waals surface area (Å²) in [6.07, 6.45) is 4.88. The van der Waals surface area contributed by atoms with Crippen molar-refractivity contribution in [3.05, 3.63) is 34.9 Å². The molecular weight excluding hydrogens is 256 g/mol. The maximum absolute atomic E-state index is 11.3. The number of benzene rings is 1. The first-order valence-corrected chi connectivity index (χ1v) is 6.95. The van der Waals surface area contributed by atoms with Gasteiger partial charge in [-0.25, -0.2) is 4.79 Å². The van der Waals surface area contributed by atoms with E-state index < -0.39 is 11.6 Å². The molecule has 1 aromatic rings. The SMILES string of the molecule is NCC1(C(=O)O)CC(c2ccc3c(c2)CCCC3)=NO1. The summed E-state index contributed by atoms with van der Waals surface area (Å²) in [6, 6.07) is 6.24. The molecule has 0 bridgehead atoms. The van der Waals surface area contributed by atoms with Gasteiger partial charge in [0.25, 0.3) is 5.60 Å². The number of carboxylic acid groups (broad SMARTS) is 1. The number of aliphatic carboxylic acids is 1. The summed E-state index contributed by atoms with van der Waals surface area (Å²) in [5.41, 5.74) is 8.50. The van der Waals surface area contributed by atoms with Crippen molar-refractivity contribution in [2.75, 3.05) is 6.54 Å². The minimum absolute atomic E-state index is 0.0831. The van der Waals surface area contributed by atoms with Crippen LogP contribution in [0.5, 0.6) is 0 Å². The van der Waals surface area contributed by atoms with Crippen molar-refractivity contribution in [1.29, 1.82) is 0 Å². The van der Waals surface area contributed by atoms with Crippen LogP contribution in [0.3, 0.4) is 0 Å². The number of rotatable bonds is 3. The van der Waals surface area contributed by atoms with Crippen molar-refractivity contribution >= 4 is 11.7 Å². The van der Waals surface area contributed by atoms with Crippen molar-refractivity contribution in [1.82, 2.24) is 0 Å². The molecule has 106 valence electrons. The second kappa shape index (κ2) is 4.90. The lowest BCUT2D eigenvalue weighted by atomic mass is 9.88. The van der Waals surface area contributed by atoms with Crippen LogP contribution in [0.25, 0.3) is 0 Å². The molecule has 1 aromatic carbocycles. The molecule has 3 N–H and O–H groups in total. The van der Waals surface area contributed by atoms with Crippen molar-refractivity contribution in [2.24, 2.45) is 10.9 Å². The van der Waals surface area contributed by atoms with E-state index >= 15 is 0 Å². The Balaban J connectivity index is 1.86. The number of hydrogen-bond donors (Lipinski definition) is 2. The molecule has 0 saturated carbocycles. The summed E-state index contributed by atoms with van der Waals surface area (Å²) in [4.78, 5) is 16.4. The molecule has 3 rings (SSSR count). The molecule has 0 amide bonds. The van der Waals surface area contributed by atoms with Crippen molar-refractivity contribution in [3.8, 4) is 0 Å². The van der Waals surface area contributed by atoms with E-state index in [1.807, 2.05) is 6.07 Å². The highest BCUT2D eigenvalue weighted by Crippen LogP contribution is 2.29. The van der Waals surface area contributed by atoms with Crippen LogP contribution in [-0.4, -0.2) is 28.9 Å². The third-order valence-electron chi connectivity index (χ3n) is 4.18. The molecule has 2 aliphatic rings. The van der Waals surface area contributed by atoms with E-state index in [1.165, 1.54) is 24.0 Å². The highest BCUT2D eigenvalue weighted by atomic mass is 16.7. The van der Waals surface area contributed by atoms with Gasteiger partial charge in [0.1, 0.15) is 0 Å². The first-order valence-electron chi connectivity index (χ1n) is 6.95. The fourth-order valence-corrected chi connectivity index (χ4v) is 2.86. The van der Waals surface area contributed by atoms with E-state index in [1.54, 1.807) is 0 Å². The minimum Gasteiger partial charge on any atom is -0.478 e. The van der Waals surface area contributed by atoms with Gasteiger partial charge in [-0.05, 0) is 48.4 Å². The molecule has 0 radical (unpaired) electrons. The molecule has 20 heavy (non-hydrogen) atoms. The Bertz CT molecular complexity index is 582. The van der Waals surface area contributed by atoms with Gasteiger partial charge in [0.15, 0.2) is 0 Å². The topological polar surface area (TPSA) is 84.9 Å². The number of aryl methyl sites for hydroxylation is 2. The van der Waals surface area contributed by atoms with Crippen LogP contribution < -0.4 is 5.73 Å². The average Bonchev–Trinajstić information content (AvgIpc) is 2.92. The Morgan fingerprint density at radius 1 is 1.35 bits per heavy atom. The summed E-state index contributed by atoms with van der Waals surface area (Å²) < 4.78 is 0. The Morgan fingerprint density at radius 2 is 2.10 bits per heavy atom. The smallest absolute Gasteiger partial charge is 0.352 e. The van der Waals surface area contributed by atoms with Crippen molar-refractivity contribution in [3.63, 3.8) is 0 Å². The molecule has 1 aliphatic heterocycles. The van der Waals surface area contributed by atoms with Crippen LogP contribution in [0, 0.1) is 0 Å². The van der Waals surface area contributed by atoms with Crippen LogP contribution in [0.1, 0.15) is 36.0 Å².